The maximum Gasteiger partial charge on any atom is 0.102 e. The average molecular weight is 205 g/mol. The summed E-state index contributed by atoms with van der Waals surface area (Å²) >= 11 is 0. The van der Waals surface area contributed by atoms with E-state index in [9.17, 15) is 0 Å². The largest absolute Gasteiger partial charge is 0.311 e. The zero-order valence-corrected chi connectivity index (χ0v) is 9.01. The van der Waals surface area contributed by atoms with Crippen LogP contribution < -0.4 is 5.32 Å². The molecule has 0 spiro atoms. The minimum absolute atomic E-state index is 0.809. The molecule has 0 saturated carbocycles. The van der Waals surface area contributed by atoms with Crippen LogP contribution in [-0.2, 0) is 13.6 Å². The third kappa shape index (κ3) is 2.24. The van der Waals surface area contributed by atoms with Gasteiger partial charge in [-0.1, -0.05) is 6.92 Å². The molecule has 0 radical (unpaired) electrons. The zero-order chi connectivity index (χ0) is 10.7. The molecular formula is C10H15N5. The van der Waals surface area contributed by atoms with Crippen molar-refractivity contribution in [2.45, 2.75) is 13.5 Å². The highest BCUT2D eigenvalue weighted by Gasteiger charge is 2.01. The van der Waals surface area contributed by atoms with Gasteiger partial charge in [0.25, 0.3) is 0 Å². The number of aryl methyl sites for hydroxylation is 1. The number of rotatable bonds is 4. The van der Waals surface area contributed by atoms with Crippen LogP contribution in [0.1, 0.15) is 12.6 Å². The van der Waals surface area contributed by atoms with Crippen LogP contribution >= 0.6 is 0 Å². The Morgan fingerprint density at radius 2 is 2.33 bits per heavy atom. The van der Waals surface area contributed by atoms with E-state index in [0.717, 1.165) is 24.5 Å². The predicted octanol–water partition coefficient (Wildman–Crippen LogP) is 0.715. The molecular weight excluding hydrogens is 190 g/mol. The second kappa shape index (κ2) is 4.27. The van der Waals surface area contributed by atoms with E-state index in [2.05, 4.69) is 22.4 Å². The second-order valence-corrected chi connectivity index (χ2v) is 3.40. The molecule has 0 aliphatic heterocycles. The summed E-state index contributed by atoms with van der Waals surface area (Å²) in [6, 6.07) is 2.01. The van der Waals surface area contributed by atoms with E-state index in [4.69, 9.17) is 0 Å². The summed E-state index contributed by atoms with van der Waals surface area (Å²) < 4.78 is 3.60. The van der Waals surface area contributed by atoms with E-state index in [1.165, 1.54) is 0 Å². The molecule has 5 heteroatoms. The molecule has 2 aromatic rings. The molecule has 0 aliphatic carbocycles. The van der Waals surface area contributed by atoms with E-state index in [-0.39, 0.29) is 0 Å². The molecule has 0 amide bonds. The fourth-order valence-corrected chi connectivity index (χ4v) is 1.38. The van der Waals surface area contributed by atoms with Crippen LogP contribution in [0.4, 0.5) is 0 Å². The molecule has 0 aromatic carbocycles. The highest BCUT2D eigenvalue weighted by Crippen LogP contribution is 2.05. The fourth-order valence-electron chi connectivity index (χ4n) is 1.38. The number of hydrogen-bond acceptors (Lipinski definition) is 3. The maximum absolute atomic E-state index is 4.43. The molecule has 0 unspecified atom stereocenters. The summed E-state index contributed by atoms with van der Waals surface area (Å²) in [5.41, 5.74) is 2.03. The molecule has 5 nitrogen and oxygen atoms in total. The zero-order valence-electron chi connectivity index (χ0n) is 9.01. The first-order valence-corrected chi connectivity index (χ1v) is 5.04. The lowest BCUT2D eigenvalue weighted by molar-refractivity contribution is 0.696. The summed E-state index contributed by atoms with van der Waals surface area (Å²) in [7, 11) is 1.90. The Labute approximate surface area is 88.7 Å². The van der Waals surface area contributed by atoms with Gasteiger partial charge in [0, 0.05) is 19.8 Å². The van der Waals surface area contributed by atoms with Crippen LogP contribution in [0.25, 0.3) is 5.69 Å². The molecule has 80 valence electrons. The van der Waals surface area contributed by atoms with E-state index in [0.29, 0.717) is 0 Å². The van der Waals surface area contributed by atoms with Gasteiger partial charge in [-0.3, -0.25) is 4.68 Å². The Balaban J connectivity index is 2.13. The van der Waals surface area contributed by atoms with E-state index in [1.807, 2.05) is 30.2 Å². The Bertz CT molecular complexity index is 428. The maximum atomic E-state index is 4.43. The van der Waals surface area contributed by atoms with Gasteiger partial charge < -0.3 is 5.32 Å². The molecule has 1 N–H and O–H groups in total. The lowest BCUT2D eigenvalue weighted by atomic mass is 10.4. The van der Waals surface area contributed by atoms with Crippen molar-refractivity contribution in [2.75, 3.05) is 6.54 Å². The minimum Gasteiger partial charge on any atom is -0.311 e. The Hall–Kier alpha value is -1.62. The second-order valence-electron chi connectivity index (χ2n) is 3.40. The molecule has 2 heterocycles. The van der Waals surface area contributed by atoms with Gasteiger partial charge in [0.15, 0.2) is 0 Å². The number of nitrogens with zero attached hydrogens (tertiary/aromatic N) is 4. The van der Waals surface area contributed by atoms with Crippen molar-refractivity contribution in [1.82, 2.24) is 24.9 Å². The van der Waals surface area contributed by atoms with Gasteiger partial charge in [-0.2, -0.15) is 10.2 Å². The van der Waals surface area contributed by atoms with Crippen LogP contribution in [0.3, 0.4) is 0 Å². The molecule has 0 aliphatic rings. The first-order valence-electron chi connectivity index (χ1n) is 5.04. The van der Waals surface area contributed by atoms with Crippen LogP contribution in [0.5, 0.6) is 0 Å². The van der Waals surface area contributed by atoms with Gasteiger partial charge in [0.2, 0.25) is 0 Å². The molecule has 0 fully saturated rings. The van der Waals surface area contributed by atoms with E-state index >= 15 is 0 Å². The lowest BCUT2D eigenvalue weighted by Crippen LogP contribution is -2.12. The van der Waals surface area contributed by atoms with Crippen molar-refractivity contribution in [3.63, 3.8) is 0 Å². The Kier molecular flexibility index (Phi) is 2.82. The summed E-state index contributed by atoms with van der Waals surface area (Å²) in [5, 5.41) is 11.8. The van der Waals surface area contributed by atoms with Gasteiger partial charge in [0.1, 0.15) is 5.69 Å². The van der Waals surface area contributed by atoms with Gasteiger partial charge in [-0.05, 0) is 12.6 Å². The van der Waals surface area contributed by atoms with Gasteiger partial charge >= 0.3 is 0 Å². The van der Waals surface area contributed by atoms with Crippen molar-refractivity contribution in [1.29, 1.82) is 0 Å². The van der Waals surface area contributed by atoms with E-state index < -0.39 is 0 Å². The Morgan fingerprint density at radius 1 is 1.47 bits per heavy atom. The van der Waals surface area contributed by atoms with E-state index in [1.54, 1.807) is 10.9 Å². The average Bonchev–Trinajstić information content (AvgIpc) is 2.83. The van der Waals surface area contributed by atoms with Crippen LogP contribution in [-0.4, -0.2) is 26.1 Å². The quantitative estimate of drug-likeness (QED) is 0.800. The summed E-state index contributed by atoms with van der Waals surface area (Å²) in [5.74, 6) is 0. The molecule has 0 saturated heterocycles. The summed E-state index contributed by atoms with van der Waals surface area (Å²) in [6.07, 6.45) is 5.68. The van der Waals surface area contributed by atoms with Crippen LogP contribution in [0.15, 0.2) is 24.7 Å². The number of hydrogen-bond donors (Lipinski definition) is 1. The monoisotopic (exact) mass is 205 g/mol. The highest BCUT2D eigenvalue weighted by atomic mass is 15.3. The first-order chi connectivity index (χ1) is 7.29. The minimum atomic E-state index is 0.809. The topological polar surface area (TPSA) is 47.7 Å². The van der Waals surface area contributed by atoms with Crippen molar-refractivity contribution >= 4 is 0 Å². The van der Waals surface area contributed by atoms with Gasteiger partial charge in [0.05, 0.1) is 18.1 Å². The highest BCUT2D eigenvalue weighted by molar-refractivity contribution is 5.24. The van der Waals surface area contributed by atoms with Crippen LogP contribution in [0.2, 0.25) is 0 Å². The molecule has 2 aromatic heterocycles. The summed E-state index contributed by atoms with van der Waals surface area (Å²) in [6.45, 7) is 3.85. The lowest BCUT2D eigenvalue weighted by Gasteiger charge is -1.97. The van der Waals surface area contributed by atoms with Crippen molar-refractivity contribution < 1.29 is 0 Å². The van der Waals surface area contributed by atoms with Crippen molar-refractivity contribution in [2.24, 2.45) is 7.05 Å². The Morgan fingerprint density at radius 3 is 3.00 bits per heavy atom. The van der Waals surface area contributed by atoms with Gasteiger partial charge in [-0.15, -0.1) is 0 Å². The molecule has 0 atom stereocenters. The SMILES string of the molecule is CCNCc1ccn(-c2cnn(C)c2)n1. The normalized spacial score (nSPS) is 10.8. The van der Waals surface area contributed by atoms with Gasteiger partial charge in [-0.25, -0.2) is 4.68 Å². The predicted molar refractivity (Wildman–Crippen MR) is 57.7 cm³/mol. The smallest absolute Gasteiger partial charge is 0.102 e. The molecule has 0 bridgehead atoms. The first kappa shape index (κ1) is 9.92. The number of aromatic nitrogens is 4. The third-order valence-corrected chi connectivity index (χ3v) is 2.16. The standard InChI is InChI=1S/C10H15N5/c1-3-11-6-9-4-5-15(13-9)10-7-12-14(2)8-10/h4-5,7-8,11H,3,6H2,1-2H3. The molecule has 15 heavy (non-hydrogen) atoms. The fraction of sp³-hybridized carbons (Fsp3) is 0.400. The van der Waals surface area contributed by atoms with Crippen molar-refractivity contribution in [3.8, 4) is 5.69 Å². The van der Waals surface area contributed by atoms with Crippen LogP contribution in [0, 0.1) is 0 Å². The van der Waals surface area contributed by atoms with Crippen molar-refractivity contribution in [3.05, 3.63) is 30.4 Å². The third-order valence-electron chi connectivity index (χ3n) is 2.16. The number of nitrogens with one attached hydrogen (secondary N) is 1. The summed E-state index contributed by atoms with van der Waals surface area (Å²) in [4.78, 5) is 0. The molecule has 2 rings (SSSR count).